The van der Waals surface area contributed by atoms with Crippen LogP contribution >= 0.6 is 0 Å². The summed E-state index contributed by atoms with van der Waals surface area (Å²) in [7, 11) is 0. The van der Waals surface area contributed by atoms with Gasteiger partial charge in [-0.25, -0.2) is 0 Å². The van der Waals surface area contributed by atoms with Gasteiger partial charge in [-0.05, 0) is 91.3 Å². The smallest absolute Gasteiger partial charge is 0.265 e. The van der Waals surface area contributed by atoms with Crippen LogP contribution in [0.1, 0.15) is 42.0 Å². The molecule has 0 bridgehead atoms. The zero-order chi connectivity index (χ0) is 19.1. The predicted octanol–water partition coefficient (Wildman–Crippen LogP) is 5.22. The van der Waals surface area contributed by atoms with Crippen molar-refractivity contribution in [1.29, 1.82) is 0 Å². The number of amides is 1. The first-order valence-electron chi connectivity index (χ1n) is 10.3. The van der Waals surface area contributed by atoms with Gasteiger partial charge in [0.05, 0.1) is 0 Å². The second kappa shape index (κ2) is 6.97. The van der Waals surface area contributed by atoms with E-state index in [0.717, 1.165) is 42.5 Å². The highest BCUT2D eigenvalue weighted by atomic mass is 16.5. The Bertz CT molecular complexity index is 1060. The van der Waals surface area contributed by atoms with Crippen molar-refractivity contribution in [2.24, 2.45) is 0 Å². The molecule has 3 aromatic carbocycles. The van der Waals surface area contributed by atoms with Crippen LogP contribution in [-0.4, -0.2) is 12.0 Å². The predicted molar refractivity (Wildman–Crippen MR) is 113 cm³/mol. The first-order chi connectivity index (χ1) is 13.7. The van der Waals surface area contributed by atoms with Gasteiger partial charge in [0.15, 0.2) is 6.10 Å². The molecule has 0 fully saturated rings. The zero-order valence-corrected chi connectivity index (χ0v) is 16.3. The van der Waals surface area contributed by atoms with Gasteiger partial charge >= 0.3 is 0 Å². The van der Waals surface area contributed by atoms with Crippen molar-refractivity contribution in [2.45, 2.75) is 51.6 Å². The number of carbonyl (C=O) groups excluding carboxylic acids is 1. The fraction of sp³-hybridized carbons (Fsp3) is 0.320. The number of aryl methyl sites for hydroxylation is 4. The molecule has 0 radical (unpaired) electrons. The quantitative estimate of drug-likeness (QED) is 0.682. The third kappa shape index (κ3) is 3.05. The second-order valence-electron chi connectivity index (χ2n) is 8.00. The molecule has 3 heteroatoms. The lowest BCUT2D eigenvalue weighted by Crippen LogP contribution is -2.30. The summed E-state index contributed by atoms with van der Waals surface area (Å²) >= 11 is 0. The number of benzene rings is 3. The number of ether oxygens (including phenoxy) is 1. The summed E-state index contributed by atoms with van der Waals surface area (Å²) in [4.78, 5) is 12.8. The Kier molecular flexibility index (Phi) is 4.31. The van der Waals surface area contributed by atoms with Crippen molar-refractivity contribution in [3.05, 3.63) is 70.8 Å². The van der Waals surface area contributed by atoms with E-state index in [4.69, 9.17) is 4.74 Å². The van der Waals surface area contributed by atoms with Gasteiger partial charge in [0, 0.05) is 11.1 Å². The first-order valence-corrected chi connectivity index (χ1v) is 10.3. The lowest BCUT2D eigenvalue weighted by atomic mass is 9.92. The molecule has 142 valence electrons. The molecule has 0 saturated heterocycles. The average molecular weight is 371 g/mol. The molecule has 1 amide bonds. The summed E-state index contributed by atoms with van der Waals surface area (Å²) in [6.45, 7) is 1.81. The van der Waals surface area contributed by atoms with E-state index in [2.05, 4.69) is 41.7 Å². The lowest BCUT2D eigenvalue weighted by Gasteiger charge is -2.19. The van der Waals surface area contributed by atoms with Crippen molar-refractivity contribution < 1.29 is 9.53 Å². The number of carbonyl (C=O) groups is 1. The monoisotopic (exact) mass is 371 g/mol. The minimum Gasteiger partial charge on any atom is -0.481 e. The molecule has 5 rings (SSSR count). The molecule has 2 aliphatic rings. The number of hydrogen-bond acceptors (Lipinski definition) is 2. The molecule has 0 spiro atoms. The topological polar surface area (TPSA) is 38.3 Å². The van der Waals surface area contributed by atoms with Crippen LogP contribution < -0.4 is 10.1 Å². The van der Waals surface area contributed by atoms with Gasteiger partial charge in [-0.1, -0.05) is 30.3 Å². The first kappa shape index (κ1) is 17.3. The number of rotatable bonds is 4. The number of anilines is 1. The van der Waals surface area contributed by atoms with Gasteiger partial charge in [-0.3, -0.25) is 4.79 Å². The largest absolute Gasteiger partial charge is 0.481 e. The summed E-state index contributed by atoms with van der Waals surface area (Å²) in [5.41, 5.74) is 6.41. The van der Waals surface area contributed by atoms with Crippen LogP contribution in [0.2, 0.25) is 0 Å². The Morgan fingerprint density at radius 1 is 0.893 bits per heavy atom. The van der Waals surface area contributed by atoms with E-state index in [9.17, 15) is 4.79 Å². The minimum absolute atomic E-state index is 0.114. The number of fused-ring (bicyclic) bond motifs is 1. The SMILES string of the molecule is C[C@H](Oc1ccc2c(c1)CCCC2)C(=O)Nc1ccc2c3c(cccc13)CC2. The molecule has 0 heterocycles. The molecule has 2 aliphatic carbocycles. The third-order valence-electron chi connectivity index (χ3n) is 6.14. The summed E-state index contributed by atoms with van der Waals surface area (Å²) in [5.74, 6) is 0.667. The maximum Gasteiger partial charge on any atom is 0.265 e. The molecular weight excluding hydrogens is 346 g/mol. The zero-order valence-electron chi connectivity index (χ0n) is 16.3. The van der Waals surface area contributed by atoms with Crippen LogP contribution in [0.15, 0.2) is 48.5 Å². The second-order valence-corrected chi connectivity index (χ2v) is 8.00. The van der Waals surface area contributed by atoms with Crippen LogP contribution in [-0.2, 0) is 30.5 Å². The van der Waals surface area contributed by atoms with Crippen molar-refractivity contribution in [1.82, 2.24) is 0 Å². The maximum atomic E-state index is 12.8. The number of hydrogen-bond donors (Lipinski definition) is 1. The van der Waals surface area contributed by atoms with Crippen molar-refractivity contribution >= 4 is 22.4 Å². The van der Waals surface area contributed by atoms with Crippen LogP contribution in [0.4, 0.5) is 5.69 Å². The van der Waals surface area contributed by atoms with E-state index >= 15 is 0 Å². The Labute approximate surface area is 165 Å². The van der Waals surface area contributed by atoms with E-state index in [0.29, 0.717) is 0 Å². The van der Waals surface area contributed by atoms with Gasteiger partial charge in [-0.15, -0.1) is 0 Å². The van der Waals surface area contributed by atoms with Crippen LogP contribution in [0.3, 0.4) is 0 Å². The summed E-state index contributed by atoms with van der Waals surface area (Å²) in [6.07, 6.45) is 6.37. The van der Waals surface area contributed by atoms with E-state index in [1.807, 2.05) is 19.1 Å². The van der Waals surface area contributed by atoms with Crippen molar-refractivity contribution in [2.75, 3.05) is 5.32 Å². The average Bonchev–Trinajstić information content (AvgIpc) is 3.14. The van der Waals surface area contributed by atoms with Crippen LogP contribution in [0, 0.1) is 0 Å². The lowest BCUT2D eigenvalue weighted by molar-refractivity contribution is -0.122. The van der Waals surface area contributed by atoms with Crippen LogP contribution in [0.5, 0.6) is 5.75 Å². The van der Waals surface area contributed by atoms with Crippen LogP contribution in [0.25, 0.3) is 10.8 Å². The molecule has 1 N–H and O–H groups in total. The van der Waals surface area contributed by atoms with E-state index in [1.54, 1.807) is 0 Å². The van der Waals surface area contributed by atoms with Gasteiger partial charge < -0.3 is 10.1 Å². The van der Waals surface area contributed by atoms with Gasteiger partial charge in [0.2, 0.25) is 0 Å². The highest BCUT2D eigenvalue weighted by Gasteiger charge is 2.20. The fourth-order valence-electron chi connectivity index (χ4n) is 4.63. The van der Waals surface area contributed by atoms with Crippen molar-refractivity contribution in [3.63, 3.8) is 0 Å². The molecule has 28 heavy (non-hydrogen) atoms. The highest BCUT2D eigenvalue weighted by molar-refractivity contribution is 6.06. The minimum atomic E-state index is -0.551. The molecular formula is C25H25NO2. The maximum absolute atomic E-state index is 12.8. The standard InChI is InChI=1S/C25H25NO2/c1-16(28-21-13-11-17-5-2-3-6-20(17)15-21)25(27)26-23-14-12-19-10-9-18-7-4-8-22(23)24(18)19/h4,7-8,11-16H,2-3,5-6,9-10H2,1H3,(H,26,27)/t16-/m0/s1. The Balaban J connectivity index is 1.34. The highest BCUT2D eigenvalue weighted by Crippen LogP contribution is 2.35. The number of nitrogens with one attached hydrogen (secondary N) is 1. The molecule has 0 aliphatic heterocycles. The van der Waals surface area contributed by atoms with Gasteiger partial charge in [-0.2, -0.15) is 0 Å². The Morgan fingerprint density at radius 3 is 2.50 bits per heavy atom. The molecule has 0 saturated carbocycles. The molecule has 3 aromatic rings. The summed E-state index contributed by atoms with van der Waals surface area (Å²) in [5, 5.41) is 5.52. The van der Waals surface area contributed by atoms with Gasteiger partial charge in [0.25, 0.3) is 5.91 Å². The molecule has 3 nitrogen and oxygen atoms in total. The molecule has 0 aromatic heterocycles. The summed E-state index contributed by atoms with van der Waals surface area (Å²) < 4.78 is 5.97. The fourth-order valence-corrected chi connectivity index (χ4v) is 4.63. The van der Waals surface area contributed by atoms with E-state index in [-0.39, 0.29) is 5.91 Å². The molecule has 1 atom stereocenters. The van der Waals surface area contributed by atoms with E-state index in [1.165, 1.54) is 40.5 Å². The normalized spacial score (nSPS) is 15.9. The van der Waals surface area contributed by atoms with Gasteiger partial charge in [0.1, 0.15) is 5.75 Å². The molecule has 0 unspecified atom stereocenters. The Morgan fingerprint density at radius 2 is 1.64 bits per heavy atom. The Hall–Kier alpha value is -2.81. The van der Waals surface area contributed by atoms with Crippen molar-refractivity contribution in [3.8, 4) is 5.75 Å². The van der Waals surface area contributed by atoms with E-state index < -0.39 is 6.10 Å². The third-order valence-corrected chi connectivity index (χ3v) is 6.14. The summed E-state index contributed by atoms with van der Waals surface area (Å²) in [6, 6.07) is 16.8.